The predicted molar refractivity (Wildman–Crippen MR) is 102 cm³/mol. The average Bonchev–Trinajstić information content (AvgIpc) is 3.19. The molecule has 0 aromatic carbocycles. The number of nitrogens with zero attached hydrogens (tertiary/aromatic N) is 4. The van der Waals surface area contributed by atoms with Crippen molar-refractivity contribution in [3.8, 4) is 0 Å². The number of hydrogen-bond donors (Lipinski definition) is 0. The van der Waals surface area contributed by atoms with Gasteiger partial charge in [0.1, 0.15) is 0 Å². The van der Waals surface area contributed by atoms with Crippen molar-refractivity contribution < 1.29 is 8.42 Å². The molecule has 1 aliphatic rings. The summed E-state index contributed by atoms with van der Waals surface area (Å²) in [5, 5.41) is 4.71. The molecule has 6 nitrogen and oxygen atoms in total. The second kappa shape index (κ2) is 6.44. The number of fused-ring (bicyclic) bond motifs is 1. The van der Waals surface area contributed by atoms with Crippen molar-refractivity contribution in [2.45, 2.75) is 44.4 Å². The summed E-state index contributed by atoms with van der Waals surface area (Å²) < 4.78 is 29.4. The van der Waals surface area contributed by atoms with Crippen LogP contribution in [-0.4, -0.2) is 40.4 Å². The van der Waals surface area contributed by atoms with E-state index in [-0.39, 0.29) is 5.92 Å². The van der Waals surface area contributed by atoms with E-state index < -0.39 is 10.0 Å². The van der Waals surface area contributed by atoms with E-state index in [1.807, 2.05) is 26.1 Å². The van der Waals surface area contributed by atoms with E-state index in [1.165, 1.54) is 11.3 Å². The van der Waals surface area contributed by atoms with Crippen LogP contribution in [0.4, 0.5) is 0 Å². The molecule has 4 rings (SSSR count). The van der Waals surface area contributed by atoms with E-state index in [0.717, 1.165) is 39.5 Å². The van der Waals surface area contributed by atoms with Crippen LogP contribution in [0.1, 0.15) is 39.8 Å². The van der Waals surface area contributed by atoms with Crippen molar-refractivity contribution >= 4 is 27.0 Å². The van der Waals surface area contributed by atoms with E-state index in [9.17, 15) is 8.42 Å². The molecule has 3 aromatic rings. The zero-order chi connectivity index (χ0) is 18.5. The summed E-state index contributed by atoms with van der Waals surface area (Å²) in [6, 6.07) is 3.84. The average molecular weight is 391 g/mol. The monoisotopic (exact) mass is 390 g/mol. The Bertz CT molecular complexity index is 1060. The Morgan fingerprint density at radius 3 is 2.54 bits per heavy atom. The number of piperidine rings is 1. The molecule has 0 amide bonds. The molecule has 0 spiro atoms. The summed E-state index contributed by atoms with van der Waals surface area (Å²) in [4.78, 5) is 6.63. The molecule has 4 heterocycles. The minimum absolute atomic E-state index is 0.276. The molecule has 1 aliphatic heterocycles. The topological polar surface area (TPSA) is 67.6 Å². The third-order valence-corrected chi connectivity index (χ3v) is 8.19. The highest BCUT2D eigenvalue weighted by Gasteiger charge is 2.32. The molecule has 3 aromatic heterocycles. The van der Waals surface area contributed by atoms with Gasteiger partial charge in [-0.3, -0.25) is 0 Å². The molecular formula is C18H22N4O2S2. The first-order valence-corrected chi connectivity index (χ1v) is 11.0. The first-order valence-electron chi connectivity index (χ1n) is 8.74. The van der Waals surface area contributed by atoms with Crippen molar-refractivity contribution in [2.24, 2.45) is 0 Å². The van der Waals surface area contributed by atoms with Gasteiger partial charge in [0.25, 0.3) is 0 Å². The number of hydrogen-bond acceptors (Lipinski definition) is 5. The van der Waals surface area contributed by atoms with Crippen LogP contribution in [0, 0.1) is 20.8 Å². The molecular weight excluding hydrogens is 368 g/mol. The maximum Gasteiger partial charge on any atom is 0.244 e. The molecule has 0 bridgehead atoms. The van der Waals surface area contributed by atoms with Gasteiger partial charge < -0.3 is 0 Å². The lowest BCUT2D eigenvalue weighted by Gasteiger charge is -2.31. The Morgan fingerprint density at radius 1 is 1.15 bits per heavy atom. The zero-order valence-electron chi connectivity index (χ0n) is 15.1. The van der Waals surface area contributed by atoms with Crippen LogP contribution in [0.25, 0.3) is 5.65 Å². The molecule has 1 saturated heterocycles. The van der Waals surface area contributed by atoms with Gasteiger partial charge in [0.2, 0.25) is 10.0 Å². The third-order valence-electron chi connectivity index (χ3n) is 5.07. The van der Waals surface area contributed by atoms with Crippen LogP contribution in [-0.2, 0) is 10.0 Å². The summed E-state index contributed by atoms with van der Waals surface area (Å²) >= 11 is 1.54. The van der Waals surface area contributed by atoms with Gasteiger partial charge in [0, 0.05) is 41.2 Å². The van der Waals surface area contributed by atoms with E-state index >= 15 is 0 Å². The fraction of sp³-hybridized carbons (Fsp3) is 0.444. The highest BCUT2D eigenvalue weighted by Crippen LogP contribution is 2.33. The second-order valence-corrected chi connectivity index (χ2v) is 10.3. The summed E-state index contributed by atoms with van der Waals surface area (Å²) in [7, 11) is -3.41. The minimum atomic E-state index is -3.41. The van der Waals surface area contributed by atoms with Crippen LogP contribution >= 0.6 is 11.3 Å². The predicted octanol–water partition coefficient (Wildman–Crippen LogP) is 3.28. The number of aryl methyl sites for hydroxylation is 3. The Morgan fingerprint density at radius 2 is 1.88 bits per heavy atom. The van der Waals surface area contributed by atoms with Crippen LogP contribution < -0.4 is 0 Å². The highest BCUT2D eigenvalue weighted by molar-refractivity contribution is 7.89. The normalized spacial score (nSPS) is 17.2. The van der Waals surface area contributed by atoms with Crippen LogP contribution in [0.15, 0.2) is 29.4 Å². The lowest BCUT2D eigenvalue weighted by Crippen LogP contribution is -2.38. The van der Waals surface area contributed by atoms with Crippen LogP contribution in [0.3, 0.4) is 0 Å². The smallest absolute Gasteiger partial charge is 0.236 e. The Kier molecular flexibility index (Phi) is 4.37. The molecule has 8 heteroatoms. The molecule has 0 radical (unpaired) electrons. The minimum Gasteiger partial charge on any atom is -0.236 e. The van der Waals surface area contributed by atoms with Crippen molar-refractivity contribution in [3.05, 3.63) is 45.5 Å². The Hall–Kier alpha value is -1.77. The van der Waals surface area contributed by atoms with Gasteiger partial charge in [-0.2, -0.15) is 9.40 Å². The van der Waals surface area contributed by atoms with Gasteiger partial charge in [-0.1, -0.05) is 0 Å². The fourth-order valence-corrected chi connectivity index (χ4v) is 6.73. The highest BCUT2D eigenvalue weighted by atomic mass is 32.2. The third kappa shape index (κ3) is 2.95. The van der Waals surface area contributed by atoms with Crippen LogP contribution in [0.5, 0.6) is 0 Å². The molecule has 138 valence electrons. The largest absolute Gasteiger partial charge is 0.244 e. The number of thiophene rings is 1. The first kappa shape index (κ1) is 17.6. The molecule has 0 saturated carbocycles. The van der Waals surface area contributed by atoms with Crippen molar-refractivity contribution in [1.29, 1.82) is 0 Å². The molecule has 1 fully saturated rings. The number of sulfonamides is 1. The number of rotatable bonds is 3. The number of imidazole rings is 1. The summed E-state index contributed by atoms with van der Waals surface area (Å²) in [6.07, 6.45) is 5.16. The van der Waals surface area contributed by atoms with Crippen molar-refractivity contribution in [3.63, 3.8) is 0 Å². The maximum absolute atomic E-state index is 13.0. The zero-order valence-corrected chi connectivity index (χ0v) is 16.8. The SMILES string of the molecule is Cc1cc(S(=O)(=O)N2CCC(c3nn4ccnc4cc3C)CC2)c(C)s1. The Balaban J connectivity index is 1.55. The van der Waals surface area contributed by atoms with Crippen molar-refractivity contribution in [1.82, 2.24) is 18.9 Å². The van der Waals surface area contributed by atoms with Gasteiger partial charge in [0.15, 0.2) is 5.65 Å². The molecule has 0 N–H and O–H groups in total. The van der Waals surface area contributed by atoms with Crippen molar-refractivity contribution in [2.75, 3.05) is 13.1 Å². The first-order chi connectivity index (χ1) is 12.4. The molecule has 0 aliphatic carbocycles. The Labute approximate surface area is 157 Å². The van der Waals surface area contributed by atoms with E-state index in [2.05, 4.69) is 11.9 Å². The van der Waals surface area contributed by atoms with Crippen LogP contribution in [0.2, 0.25) is 0 Å². The quantitative estimate of drug-likeness (QED) is 0.688. The van der Waals surface area contributed by atoms with Gasteiger partial charge >= 0.3 is 0 Å². The lowest BCUT2D eigenvalue weighted by atomic mass is 9.92. The fourth-order valence-electron chi connectivity index (χ4n) is 3.73. The van der Waals surface area contributed by atoms with E-state index in [4.69, 9.17) is 5.10 Å². The van der Waals surface area contributed by atoms with Gasteiger partial charge in [-0.15, -0.1) is 11.3 Å². The second-order valence-electron chi connectivity index (χ2n) is 6.90. The van der Waals surface area contributed by atoms with Gasteiger partial charge in [-0.05, 0) is 51.3 Å². The summed E-state index contributed by atoms with van der Waals surface area (Å²) in [5.41, 5.74) is 3.01. The molecule has 0 unspecified atom stereocenters. The van der Waals surface area contributed by atoms with E-state index in [0.29, 0.717) is 18.0 Å². The maximum atomic E-state index is 13.0. The van der Waals surface area contributed by atoms with Gasteiger partial charge in [-0.25, -0.2) is 17.9 Å². The summed E-state index contributed by atoms with van der Waals surface area (Å²) in [5.74, 6) is 0.276. The standard InChI is InChI=1S/C18H22N4O2S2/c1-12-10-17-19-6-9-22(17)20-18(12)15-4-7-21(8-5-15)26(23,24)16-11-13(2)25-14(16)3/h6,9-11,15H,4-5,7-8H2,1-3H3. The summed E-state index contributed by atoms with van der Waals surface area (Å²) in [6.45, 7) is 6.95. The molecule has 0 atom stereocenters. The van der Waals surface area contributed by atoms with Gasteiger partial charge in [0.05, 0.1) is 10.6 Å². The van der Waals surface area contributed by atoms with E-state index in [1.54, 1.807) is 21.1 Å². The number of aromatic nitrogens is 3. The molecule has 26 heavy (non-hydrogen) atoms. The lowest BCUT2D eigenvalue weighted by molar-refractivity contribution is 0.315.